The third-order valence-corrected chi connectivity index (χ3v) is 5.76. The highest BCUT2D eigenvalue weighted by Gasteiger charge is 2.17. The molecule has 2 aromatic heterocycles. The van der Waals surface area contributed by atoms with Crippen LogP contribution in [0.2, 0.25) is 0 Å². The Morgan fingerprint density at radius 3 is 2.58 bits per heavy atom. The number of fused-ring (bicyclic) bond motifs is 1. The van der Waals surface area contributed by atoms with Gasteiger partial charge < -0.3 is 14.5 Å². The number of nitrogens with zero attached hydrogens (tertiary/aromatic N) is 4. The highest BCUT2D eigenvalue weighted by Crippen LogP contribution is 2.33. The maximum absolute atomic E-state index is 12.8. The lowest BCUT2D eigenvalue weighted by molar-refractivity contribution is 0.112. The summed E-state index contributed by atoms with van der Waals surface area (Å²) >= 11 is 0. The number of carbonyl (C=O) groups is 1. The third kappa shape index (κ3) is 4.46. The SMILES string of the molecule is CCOc1cc(-c2cccc(C=O)c2)ccc1-c1nc2c(nnn2Cc2ccc(OC)cc2)c(=O)[nH]1. The second kappa shape index (κ2) is 9.83. The molecule has 9 heteroatoms. The number of aromatic amines is 1. The van der Waals surface area contributed by atoms with Crippen molar-refractivity contribution in [2.24, 2.45) is 0 Å². The van der Waals surface area contributed by atoms with E-state index < -0.39 is 0 Å². The van der Waals surface area contributed by atoms with Crippen LogP contribution < -0.4 is 15.0 Å². The molecule has 1 N–H and O–H groups in total. The third-order valence-electron chi connectivity index (χ3n) is 5.76. The lowest BCUT2D eigenvalue weighted by Crippen LogP contribution is -2.12. The number of carbonyl (C=O) groups excluding carboxylic acids is 1. The van der Waals surface area contributed by atoms with Crippen molar-refractivity contribution in [3.05, 3.63) is 88.2 Å². The molecule has 2 heterocycles. The molecule has 0 bridgehead atoms. The van der Waals surface area contributed by atoms with Crippen LogP contribution in [0, 0.1) is 0 Å². The number of ether oxygens (including phenoxy) is 2. The second-order valence-corrected chi connectivity index (χ2v) is 8.07. The van der Waals surface area contributed by atoms with E-state index in [1.54, 1.807) is 17.9 Å². The smallest absolute Gasteiger partial charge is 0.281 e. The molecule has 0 unspecified atom stereocenters. The topological polar surface area (TPSA) is 112 Å². The molecule has 0 saturated heterocycles. The van der Waals surface area contributed by atoms with E-state index >= 15 is 0 Å². The van der Waals surface area contributed by atoms with Crippen molar-refractivity contribution in [2.45, 2.75) is 13.5 Å². The Morgan fingerprint density at radius 1 is 1.03 bits per heavy atom. The van der Waals surface area contributed by atoms with Gasteiger partial charge in [0.05, 0.1) is 25.8 Å². The van der Waals surface area contributed by atoms with Crippen LogP contribution in [0.5, 0.6) is 11.5 Å². The Morgan fingerprint density at radius 2 is 1.83 bits per heavy atom. The minimum Gasteiger partial charge on any atom is -0.497 e. The molecule has 0 aliphatic rings. The Bertz CT molecular complexity index is 1610. The Balaban J connectivity index is 1.56. The number of methoxy groups -OCH3 is 1. The van der Waals surface area contributed by atoms with Gasteiger partial charge in [-0.15, -0.1) is 5.10 Å². The van der Waals surface area contributed by atoms with Gasteiger partial charge in [-0.2, -0.15) is 0 Å². The molecular weight excluding hydrogens is 458 g/mol. The summed E-state index contributed by atoms with van der Waals surface area (Å²) in [6.07, 6.45) is 0.814. The summed E-state index contributed by atoms with van der Waals surface area (Å²) in [6.45, 7) is 2.70. The molecule has 0 radical (unpaired) electrons. The van der Waals surface area contributed by atoms with Gasteiger partial charge in [0, 0.05) is 5.56 Å². The molecule has 9 nitrogen and oxygen atoms in total. The van der Waals surface area contributed by atoms with Crippen molar-refractivity contribution in [3.8, 4) is 34.0 Å². The molecule has 5 rings (SSSR count). The molecule has 0 aliphatic heterocycles. The van der Waals surface area contributed by atoms with Crippen molar-refractivity contribution in [3.63, 3.8) is 0 Å². The van der Waals surface area contributed by atoms with E-state index in [4.69, 9.17) is 14.5 Å². The number of benzene rings is 3. The van der Waals surface area contributed by atoms with Gasteiger partial charge in [-0.1, -0.05) is 41.6 Å². The molecule has 180 valence electrons. The highest BCUT2D eigenvalue weighted by molar-refractivity contribution is 5.81. The predicted octanol–water partition coefficient (Wildman–Crippen LogP) is 4.12. The van der Waals surface area contributed by atoms with E-state index in [2.05, 4.69) is 15.3 Å². The molecule has 0 amide bonds. The van der Waals surface area contributed by atoms with Gasteiger partial charge in [0.15, 0.2) is 11.2 Å². The molecule has 0 saturated carbocycles. The van der Waals surface area contributed by atoms with Gasteiger partial charge in [0.2, 0.25) is 0 Å². The van der Waals surface area contributed by atoms with E-state index in [0.29, 0.717) is 41.5 Å². The van der Waals surface area contributed by atoms with E-state index in [9.17, 15) is 9.59 Å². The van der Waals surface area contributed by atoms with Crippen LogP contribution in [0.3, 0.4) is 0 Å². The average molecular weight is 482 g/mol. The zero-order chi connectivity index (χ0) is 25.1. The molecule has 0 spiro atoms. The minimum absolute atomic E-state index is 0.160. The summed E-state index contributed by atoms with van der Waals surface area (Å²) in [7, 11) is 1.61. The zero-order valence-electron chi connectivity index (χ0n) is 19.8. The lowest BCUT2D eigenvalue weighted by Gasteiger charge is -2.12. The van der Waals surface area contributed by atoms with Crippen molar-refractivity contribution in [2.75, 3.05) is 13.7 Å². The van der Waals surface area contributed by atoms with Crippen LogP contribution in [0.4, 0.5) is 0 Å². The minimum atomic E-state index is -0.388. The lowest BCUT2D eigenvalue weighted by atomic mass is 10.0. The summed E-state index contributed by atoms with van der Waals surface area (Å²) in [4.78, 5) is 31.6. The molecule has 0 atom stereocenters. The fourth-order valence-electron chi connectivity index (χ4n) is 3.97. The zero-order valence-corrected chi connectivity index (χ0v) is 19.8. The number of nitrogens with one attached hydrogen (secondary N) is 1. The first kappa shape index (κ1) is 23.0. The van der Waals surface area contributed by atoms with E-state index in [1.165, 1.54) is 0 Å². The van der Waals surface area contributed by atoms with Gasteiger partial charge in [-0.05, 0) is 53.9 Å². The van der Waals surface area contributed by atoms with Gasteiger partial charge in [0.1, 0.15) is 23.6 Å². The number of aromatic nitrogens is 5. The highest BCUT2D eigenvalue weighted by atomic mass is 16.5. The monoisotopic (exact) mass is 481 g/mol. The summed E-state index contributed by atoms with van der Waals surface area (Å²) in [5.74, 6) is 1.66. The first-order valence-corrected chi connectivity index (χ1v) is 11.4. The second-order valence-electron chi connectivity index (χ2n) is 8.07. The fraction of sp³-hybridized carbons (Fsp3) is 0.148. The normalized spacial score (nSPS) is 10.9. The summed E-state index contributed by atoms with van der Waals surface area (Å²) < 4.78 is 12.7. The maximum atomic E-state index is 12.8. The number of rotatable bonds is 8. The molecule has 0 fully saturated rings. The number of hydrogen-bond donors (Lipinski definition) is 1. The molecular formula is C27H23N5O4. The van der Waals surface area contributed by atoms with Gasteiger partial charge in [-0.25, -0.2) is 9.67 Å². The summed E-state index contributed by atoms with van der Waals surface area (Å²) in [6, 6.07) is 20.5. The molecule has 5 aromatic rings. The molecule has 36 heavy (non-hydrogen) atoms. The first-order chi connectivity index (χ1) is 17.6. The number of H-pyrrole nitrogens is 1. The first-order valence-electron chi connectivity index (χ1n) is 11.4. The number of hydrogen-bond acceptors (Lipinski definition) is 7. The fourth-order valence-corrected chi connectivity index (χ4v) is 3.97. The van der Waals surface area contributed by atoms with Crippen molar-refractivity contribution in [1.29, 1.82) is 0 Å². The Kier molecular flexibility index (Phi) is 6.27. The van der Waals surface area contributed by atoms with Crippen LogP contribution in [0.25, 0.3) is 33.7 Å². The van der Waals surface area contributed by atoms with Gasteiger partial charge >= 0.3 is 0 Å². The molecule has 0 aliphatic carbocycles. The van der Waals surface area contributed by atoms with Crippen molar-refractivity contribution < 1.29 is 14.3 Å². The largest absolute Gasteiger partial charge is 0.497 e. The predicted molar refractivity (Wildman–Crippen MR) is 135 cm³/mol. The Labute approximate surface area is 206 Å². The standard InChI is InChI=1S/C27H23N5O4/c1-3-36-23-14-20(19-6-4-5-18(13-19)16-33)9-12-22(23)25-28-26-24(27(34)29-25)30-31-32(26)15-17-7-10-21(35-2)11-8-17/h4-14,16H,3,15H2,1-2H3,(H,28,29,34). The van der Waals surface area contributed by atoms with Gasteiger partial charge in [-0.3, -0.25) is 9.59 Å². The maximum Gasteiger partial charge on any atom is 0.281 e. The van der Waals surface area contributed by atoms with Crippen LogP contribution in [-0.2, 0) is 6.54 Å². The van der Waals surface area contributed by atoms with Crippen LogP contribution in [0.15, 0.2) is 71.5 Å². The number of aldehydes is 1. The Hall–Kier alpha value is -4.79. The van der Waals surface area contributed by atoms with Crippen LogP contribution in [-0.4, -0.2) is 45.0 Å². The van der Waals surface area contributed by atoms with Crippen LogP contribution in [0.1, 0.15) is 22.8 Å². The van der Waals surface area contributed by atoms with Crippen LogP contribution >= 0.6 is 0 Å². The quantitative estimate of drug-likeness (QED) is 0.332. The van der Waals surface area contributed by atoms with Gasteiger partial charge in [0.25, 0.3) is 5.56 Å². The van der Waals surface area contributed by atoms with Crippen molar-refractivity contribution >= 4 is 17.5 Å². The van der Waals surface area contributed by atoms with E-state index in [-0.39, 0.29) is 11.1 Å². The van der Waals surface area contributed by atoms with Crippen molar-refractivity contribution in [1.82, 2.24) is 25.0 Å². The average Bonchev–Trinajstić information content (AvgIpc) is 3.32. The molecule has 3 aromatic carbocycles. The van der Waals surface area contributed by atoms with E-state index in [1.807, 2.05) is 67.6 Å². The van der Waals surface area contributed by atoms with E-state index in [0.717, 1.165) is 28.7 Å². The summed E-state index contributed by atoms with van der Waals surface area (Å²) in [5, 5.41) is 8.18. The summed E-state index contributed by atoms with van der Waals surface area (Å²) in [5.41, 5.74) is 4.07.